The Bertz CT molecular complexity index is 199. The predicted octanol–water partition coefficient (Wildman–Crippen LogP) is 1.80. The van der Waals surface area contributed by atoms with E-state index >= 15 is 0 Å². The second-order valence-electron chi connectivity index (χ2n) is 3.50. The van der Waals surface area contributed by atoms with E-state index in [9.17, 15) is 4.79 Å². The van der Waals surface area contributed by atoms with Crippen LogP contribution in [0.3, 0.4) is 0 Å². The van der Waals surface area contributed by atoms with Crippen LogP contribution in [-0.4, -0.2) is 23.9 Å². The highest BCUT2D eigenvalue weighted by Gasteiger charge is 2.15. The van der Waals surface area contributed by atoms with E-state index in [1.165, 1.54) is 19.3 Å². The third-order valence-electron chi connectivity index (χ3n) is 2.42. The van der Waals surface area contributed by atoms with Crippen molar-refractivity contribution in [2.24, 2.45) is 0 Å². The molecule has 0 aromatic carbocycles. The highest BCUT2D eigenvalue weighted by molar-refractivity contribution is 5.76. The minimum atomic E-state index is 0.287. The average molecular weight is 179 g/mol. The SMILES string of the molecule is C#CCCCC(=O)N1CCCCC1. The summed E-state index contributed by atoms with van der Waals surface area (Å²) in [6.07, 6.45) is 10.9. The summed E-state index contributed by atoms with van der Waals surface area (Å²) in [4.78, 5) is 13.5. The van der Waals surface area contributed by atoms with E-state index in [1.807, 2.05) is 4.90 Å². The van der Waals surface area contributed by atoms with E-state index < -0.39 is 0 Å². The molecule has 1 aliphatic heterocycles. The quantitative estimate of drug-likeness (QED) is 0.478. The van der Waals surface area contributed by atoms with Crippen LogP contribution in [0.5, 0.6) is 0 Å². The van der Waals surface area contributed by atoms with Crippen LogP contribution in [0.2, 0.25) is 0 Å². The lowest BCUT2D eigenvalue weighted by molar-refractivity contribution is -0.132. The monoisotopic (exact) mass is 179 g/mol. The maximum Gasteiger partial charge on any atom is 0.222 e. The second kappa shape index (κ2) is 5.64. The van der Waals surface area contributed by atoms with Gasteiger partial charge in [0.25, 0.3) is 0 Å². The summed E-state index contributed by atoms with van der Waals surface area (Å²) in [7, 11) is 0. The summed E-state index contributed by atoms with van der Waals surface area (Å²) in [5, 5.41) is 0. The molecular formula is C11H17NO. The van der Waals surface area contributed by atoms with Gasteiger partial charge < -0.3 is 4.90 Å². The van der Waals surface area contributed by atoms with Gasteiger partial charge in [0.2, 0.25) is 5.91 Å². The van der Waals surface area contributed by atoms with Crippen molar-refractivity contribution in [2.75, 3.05) is 13.1 Å². The van der Waals surface area contributed by atoms with Crippen LogP contribution in [-0.2, 0) is 4.79 Å². The molecule has 0 aromatic heterocycles. The Morgan fingerprint density at radius 3 is 2.62 bits per heavy atom. The minimum absolute atomic E-state index is 0.287. The maximum atomic E-state index is 11.5. The fourth-order valence-corrected chi connectivity index (χ4v) is 1.64. The first kappa shape index (κ1) is 10.1. The maximum absolute atomic E-state index is 11.5. The van der Waals surface area contributed by atoms with Crippen LogP contribution in [0, 0.1) is 12.3 Å². The standard InChI is InChI=1S/C11H17NO/c1-2-3-5-8-11(13)12-9-6-4-7-10-12/h1H,3-10H2. The van der Waals surface area contributed by atoms with Gasteiger partial charge in [0.05, 0.1) is 0 Å². The van der Waals surface area contributed by atoms with Gasteiger partial charge in [-0.1, -0.05) is 0 Å². The van der Waals surface area contributed by atoms with Crippen molar-refractivity contribution in [3.63, 3.8) is 0 Å². The van der Waals surface area contributed by atoms with Gasteiger partial charge in [0.1, 0.15) is 0 Å². The summed E-state index contributed by atoms with van der Waals surface area (Å²) < 4.78 is 0. The molecule has 2 heteroatoms. The highest BCUT2D eigenvalue weighted by atomic mass is 16.2. The first-order chi connectivity index (χ1) is 6.34. The molecule has 0 bridgehead atoms. The number of hydrogen-bond donors (Lipinski definition) is 0. The summed E-state index contributed by atoms with van der Waals surface area (Å²) in [5.74, 6) is 2.84. The number of carbonyl (C=O) groups is 1. The van der Waals surface area contributed by atoms with E-state index in [4.69, 9.17) is 6.42 Å². The van der Waals surface area contributed by atoms with Gasteiger partial charge in [0.15, 0.2) is 0 Å². The van der Waals surface area contributed by atoms with Crippen LogP contribution in [0.15, 0.2) is 0 Å². The van der Waals surface area contributed by atoms with Crippen LogP contribution in [0.1, 0.15) is 38.5 Å². The van der Waals surface area contributed by atoms with Gasteiger partial charge in [-0.05, 0) is 25.7 Å². The molecule has 1 heterocycles. The number of rotatable bonds is 3. The molecule has 1 saturated heterocycles. The number of piperidine rings is 1. The smallest absolute Gasteiger partial charge is 0.222 e. The van der Waals surface area contributed by atoms with Gasteiger partial charge in [-0.25, -0.2) is 0 Å². The van der Waals surface area contributed by atoms with E-state index in [0.29, 0.717) is 6.42 Å². The lowest BCUT2D eigenvalue weighted by Crippen LogP contribution is -2.35. The van der Waals surface area contributed by atoms with Crippen LogP contribution < -0.4 is 0 Å². The van der Waals surface area contributed by atoms with Gasteiger partial charge in [-0.2, -0.15) is 0 Å². The molecule has 0 N–H and O–H groups in total. The molecule has 0 aliphatic carbocycles. The molecule has 72 valence electrons. The van der Waals surface area contributed by atoms with Crippen molar-refractivity contribution in [3.8, 4) is 12.3 Å². The largest absolute Gasteiger partial charge is 0.343 e. The molecule has 1 amide bonds. The number of nitrogens with zero attached hydrogens (tertiary/aromatic N) is 1. The molecule has 1 fully saturated rings. The third-order valence-corrected chi connectivity index (χ3v) is 2.42. The third kappa shape index (κ3) is 3.50. The minimum Gasteiger partial charge on any atom is -0.343 e. The first-order valence-corrected chi connectivity index (χ1v) is 5.06. The zero-order valence-corrected chi connectivity index (χ0v) is 8.09. The Balaban J connectivity index is 2.18. The zero-order chi connectivity index (χ0) is 9.52. The molecular weight excluding hydrogens is 162 g/mol. The Kier molecular flexibility index (Phi) is 4.39. The Morgan fingerprint density at radius 2 is 2.00 bits per heavy atom. The Hall–Kier alpha value is -0.970. The van der Waals surface area contributed by atoms with Crippen LogP contribution in [0.25, 0.3) is 0 Å². The fraction of sp³-hybridized carbons (Fsp3) is 0.727. The predicted molar refractivity (Wildman–Crippen MR) is 53.1 cm³/mol. The number of hydrogen-bond acceptors (Lipinski definition) is 1. The van der Waals surface area contributed by atoms with Gasteiger partial charge in [-0.3, -0.25) is 4.79 Å². The molecule has 0 saturated carbocycles. The van der Waals surface area contributed by atoms with Crippen molar-refractivity contribution < 1.29 is 4.79 Å². The summed E-state index contributed by atoms with van der Waals surface area (Å²) in [6, 6.07) is 0. The number of amides is 1. The van der Waals surface area contributed by atoms with Gasteiger partial charge >= 0.3 is 0 Å². The average Bonchev–Trinajstić information content (AvgIpc) is 2.19. The van der Waals surface area contributed by atoms with Gasteiger partial charge in [0, 0.05) is 25.9 Å². The first-order valence-electron chi connectivity index (χ1n) is 5.06. The molecule has 0 radical (unpaired) electrons. The number of carbonyl (C=O) groups excluding carboxylic acids is 1. The Morgan fingerprint density at radius 1 is 1.31 bits per heavy atom. The van der Waals surface area contributed by atoms with Crippen molar-refractivity contribution in [2.45, 2.75) is 38.5 Å². The summed E-state index contributed by atoms with van der Waals surface area (Å²) >= 11 is 0. The Labute approximate surface area is 80.3 Å². The fourth-order valence-electron chi connectivity index (χ4n) is 1.64. The molecule has 1 aliphatic rings. The van der Waals surface area contributed by atoms with Crippen LogP contribution >= 0.6 is 0 Å². The number of likely N-dealkylation sites (tertiary alicyclic amines) is 1. The van der Waals surface area contributed by atoms with Crippen molar-refractivity contribution in [1.29, 1.82) is 0 Å². The van der Waals surface area contributed by atoms with Gasteiger partial charge in [-0.15, -0.1) is 12.3 Å². The molecule has 2 nitrogen and oxygen atoms in total. The number of terminal acetylenes is 1. The molecule has 0 atom stereocenters. The highest BCUT2D eigenvalue weighted by Crippen LogP contribution is 2.10. The normalized spacial score (nSPS) is 16.7. The molecule has 0 unspecified atom stereocenters. The van der Waals surface area contributed by atoms with Crippen molar-refractivity contribution in [3.05, 3.63) is 0 Å². The zero-order valence-electron chi connectivity index (χ0n) is 8.09. The van der Waals surface area contributed by atoms with Crippen LogP contribution in [0.4, 0.5) is 0 Å². The summed E-state index contributed by atoms with van der Waals surface area (Å²) in [6.45, 7) is 1.91. The summed E-state index contributed by atoms with van der Waals surface area (Å²) in [5.41, 5.74) is 0. The lowest BCUT2D eigenvalue weighted by Gasteiger charge is -2.26. The van der Waals surface area contributed by atoms with E-state index in [2.05, 4.69) is 5.92 Å². The molecule has 0 aromatic rings. The van der Waals surface area contributed by atoms with Crippen molar-refractivity contribution >= 4 is 5.91 Å². The van der Waals surface area contributed by atoms with Crippen molar-refractivity contribution in [1.82, 2.24) is 4.90 Å². The van der Waals surface area contributed by atoms with E-state index in [0.717, 1.165) is 25.9 Å². The molecule has 13 heavy (non-hydrogen) atoms. The molecule has 0 spiro atoms. The molecule has 1 rings (SSSR count). The number of unbranched alkanes of at least 4 members (excludes halogenated alkanes) is 1. The lowest BCUT2D eigenvalue weighted by atomic mass is 10.1. The second-order valence-corrected chi connectivity index (χ2v) is 3.50. The van der Waals surface area contributed by atoms with E-state index in [-0.39, 0.29) is 5.91 Å². The topological polar surface area (TPSA) is 20.3 Å². The van der Waals surface area contributed by atoms with E-state index in [1.54, 1.807) is 0 Å².